The zero-order valence-electron chi connectivity index (χ0n) is 11.5. The van der Waals surface area contributed by atoms with Gasteiger partial charge in [-0.3, -0.25) is 0 Å². The third kappa shape index (κ3) is 20.8. The van der Waals surface area contributed by atoms with Crippen LogP contribution < -0.4 is 0 Å². The maximum atomic E-state index is 4.99. The van der Waals surface area contributed by atoms with Crippen molar-refractivity contribution >= 4 is 86.8 Å². The Morgan fingerprint density at radius 1 is 0.684 bits per heavy atom. The minimum Gasteiger partial charge on any atom is -0.691 e. The second-order valence-corrected chi connectivity index (χ2v) is 12.5. The summed E-state index contributed by atoms with van der Waals surface area (Å²) in [6, 6.07) is 0. The molecule has 2 radical (unpaired) electrons. The Morgan fingerprint density at radius 2 is 0.842 bits per heavy atom. The van der Waals surface area contributed by atoms with Gasteiger partial charge in [-0.05, 0) is 27.7 Å². The van der Waals surface area contributed by atoms with E-state index in [1.807, 2.05) is 27.7 Å². The van der Waals surface area contributed by atoms with Crippen molar-refractivity contribution in [2.45, 2.75) is 27.7 Å². The Morgan fingerprint density at radius 3 is 0.947 bits per heavy atom. The molecule has 0 rings (SSSR count). The first-order valence-corrected chi connectivity index (χ1v) is 12.7. The van der Waals surface area contributed by atoms with Crippen molar-refractivity contribution < 1.29 is 18.1 Å². The molecule has 0 bridgehead atoms. The van der Waals surface area contributed by atoms with E-state index in [0.717, 1.165) is 0 Å². The molecule has 0 N–H and O–H groups in total. The molecule has 114 valence electrons. The molecule has 0 amide bonds. The van der Waals surface area contributed by atoms with E-state index in [0.29, 0.717) is 26.4 Å². The number of rotatable bonds is 8. The molecule has 11 heteroatoms. The monoisotopic (exact) mass is 578 g/mol. The van der Waals surface area contributed by atoms with Crippen LogP contribution in [0.5, 0.6) is 0 Å². The van der Waals surface area contributed by atoms with Crippen molar-refractivity contribution in [2.24, 2.45) is 0 Å². The molecule has 4 nitrogen and oxygen atoms in total. The Labute approximate surface area is 157 Å². The zero-order valence-corrected chi connectivity index (χ0v) is 20.4. The van der Waals surface area contributed by atoms with E-state index >= 15 is 0 Å². The molecule has 0 fully saturated rings. The van der Waals surface area contributed by atoms with Gasteiger partial charge in [0.15, 0.2) is 0 Å². The van der Waals surface area contributed by atoms with Crippen molar-refractivity contribution in [3.63, 3.8) is 0 Å². The van der Waals surface area contributed by atoms with Gasteiger partial charge < -0.3 is 42.6 Å². The Balaban J connectivity index is -0.000000256. The van der Waals surface area contributed by atoms with Crippen LogP contribution in [0.2, 0.25) is 0 Å². The molecule has 19 heavy (non-hydrogen) atoms. The minimum atomic E-state index is -2.28. The first kappa shape index (κ1) is 26.6. The van der Waals surface area contributed by atoms with Gasteiger partial charge >= 0.3 is 27.3 Å². The molecule has 0 saturated carbocycles. The van der Waals surface area contributed by atoms with E-state index in [4.69, 9.17) is 66.2 Å². The fourth-order valence-corrected chi connectivity index (χ4v) is 4.65. The smallest absolute Gasteiger partial charge is 0.691 e. The van der Waals surface area contributed by atoms with E-state index in [1.165, 1.54) is 0 Å². The van der Waals surface area contributed by atoms with Gasteiger partial charge in [-0.15, -0.1) is 0 Å². The van der Waals surface area contributed by atoms with Crippen LogP contribution in [0.25, 0.3) is 0 Å². The third-order valence-corrected chi connectivity index (χ3v) is 5.98. The molecule has 0 saturated heterocycles. The standard InChI is InChI=1S/2C4H11O2PS2.Pb/c2*1-3-5-7(8,9)6-4-2;/h2*3-4H2,1-2H3,(H,8,9);/q;;+2/p-2. The van der Waals surface area contributed by atoms with Crippen molar-refractivity contribution in [3.8, 4) is 0 Å². The molecule has 0 aromatic carbocycles. The van der Waals surface area contributed by atoms with Crippen molar-refractivity contribution in [1.82, 2.24) is 0 Å². The molecule has 0 aliphatic rings. The SMILES string of the molecule is CCOP(=S)([S-])OCC.CCOP(=S)([S-])OCC.[Pb+2]. The number of hydrogen-bond acceptors (Lipinski definition) is 8. The number of hydrogen-bond donors (Lipinski definition) is 0. The summed E-state index contributed by atoms with van der Waals surface area (Å²) in [7, 11) is 0. The fraction of sp³-hybridized carbons (Fsp3) is 1.00. The van der Waals surface area contributed by atoms with Crippen molar-refractivity contribution in [3.05, 3.63) is 0 Å². The Kier molecular flexibility index (Phi) is 22.0. The Bertz CT molecular complexity index is 248. The van der Waals surface area contributed by atoms with Crippen LogP contribution in [0.15, 0.2) is 0 Å². The molecule has 0 aromatic heterocycles. The summed E-state index contributed by atoms with van der Waals surface area (Å²) < 4.78 is 20.0. The molecule has 0 heterocycles. The van der Waals surface area contributed by atoms with E-state index in [2.05, 4.69) is 0 Å². The van der Waals surface area contributed by atoms with Gasteiger partial charge in [0, 0.05) is 26.4 Å². The normalized spacial score (nSPS) is 11.3. The molecule has 0 aliphatic carbocycles. The molecule has 0 spiro atoms. The van der Waals surface area contributed by atoms with Gasteiger partial charge in [0.05, 0.1) is 11.4 Å². The topological polar surface area (TPSA) is 36.9 Å². The first-order valence-electron chi connectivity index (χ1n) is 5.44. The molecule has 0 atom stereocenters. The van der Waals surface area contributed by atoms with Gasteiger partial charge in [-0.1, -0.05) is 23.6 Å². The summed E-state index contributed by atoms with van der Waals surface area (Å²) in [5.41, 5.74) is -4.55. The average Bonchev–Trinajstić information content (AvgIpc) is 2.17. The van der Waals surface area contributed by atoms with Gasteiger partial charge in [0.2, 0.25) is 0 Å². The predicted molar refractivity (Wildman–Crippen MR) is 95.6 cm³/mol. The van der Waals surface area contributed by atoms with Crippen LogP contribution in [-0.4, -0.2) is 53.7 Å². The van der Waals surface area contributed by atoms with E-state index < -0.39 is 11.4 Å². The largest absolute Gasteiger partial charge is 2.00 e. The van der Waals surface area contributed by atoms with Gasteiger partial charge in [-0.2, -0.15) is 0 Å². The maximum absolute atomic E-state index is 4.99. The van der Waals surface area contributed by atoms with Crippen LogP contribution in [0, 0.1) is 0 Å². The molecule has 0 aromatic rings. The minimum absolute atomic E-state index is 0. The summed E-state index contributed by atoms with van der Waals surface area (Å²) in [6.07, 6.45) is 0. The summed E-state index contributed by atoms with van der Waals surface area (Å²) >= 11 is 19.3. The van der Waals surface area contributed by atoms with E-state index in [9.17, 15) is 0 Å². The maximum Gasteiger partial charge on any atom is 2.00 e. The summed E-state index contributed by atoms with van der Waals surface area (Å²) in [5.74, 6) is 0. The van der Waals surface area contributed by atoms with Crippen LogP contribution in [0.1, 0.15) is 27.7 Å². The molecule has 0 unspecified atom stereocenters. The Hall–Kier alpha value is 2.76. The average molecular weight is 578 g/mol. The fourth-order valence-electron chi connectivity index (χ4n) is 0.707. The van der Waals surface area contributed by atoms with Crippen LogP contribution >= 0.6 is 11.4 Å². The van der Waals surface area contributed by atoms with Crippen LogP contribution in [-0.2, 0) is 66.2 Å². The van der Waals surface area contributed by atoms with Crippen LogP contribution in [0.3, 0.4) is 0 Å². The third-order valence-electron chi connectivity index (χ3n) is 1.15. The second kappa shape index (κ2) is 15.6. The molecular formula is C8H20O4P2PbS4. The summed E-state index contributed by atoms with van der Waals surface area (Å²) in [4.78, 5) is 0. The molecule has 0 aliphatic heterocycles. The summed E-state index contributed by atoms with van der Waals surface area (Å²) in [5, 5.41) is 0. The first-order chi connectivity index (χ1) is 8.24. The van der Waals surface area contributed by atoms with Crippen LogP contribution in [0.4, 0.5) is 0 Å². The molecular weight excluding hydrogens is 558 g/mol. The second-order valence-electron chi connectivity index (χ2n) is 2.57. The predicted octanol–water partition coefficient (Wildman–Crippen LogP) is 3.28. The van der Waals surface area contributed by atoms with E-state index in [1.54, 1.807) is 0 Å². The quantitative estimate of drug-likeness (QED) is 0.247. The van der Waals surface area contributed by atoms with Crippen molar-refractivity contribution in [2.75, 3.05) is 26.4 Å². The summed E-state index contributed by atoms with van der Waals surface area (Å²) in [6.45, 7) is 9.58. The zero-order chi connectivity index (χ0) is 14.7. The van der Waals surface area contributed by atoms with Gasteiger partial charge in [-0.25, -0.2) is 0 Å². The van der Waals surface area contributed by atoms with Gasteiger partial charge in [0.25, 0.3) is 0 Å². The van der Waals surface area contributed by atoms with Crippen molar-refractivity contribution in [1.29, 1.82) is 0 Å². The van der Waals surface area contributed by atoms with E-state index in [-0.39, 0.29) is 27.3 Å². The van der Waals surface area contributed by atoms with Gasteiger partial charge in [0.1, 0.15) is 0 Å².